The van der Waals surface area contributed by atoms with Crippen LogP contribution in [0.2, 0.25) is 0 Å². The highest BCUT2D eigenvalue weighted by Gasteiger charge is 2.48. The maximum Gasteiger partial charge on any atom is 0.252 e. The van der Waals surface area contributed by atoms with Crippen LogP contribution in [0.25, 0.3) is 0 Å². The molecule has 0 aromatic carbocycles. The van der Waals surface area contributed by atoms with E-state index in [1.807, 2.05) is 0 Å². The van der Waals surface area contributed by atoms with Crippen LogP contribution < -0.4 is 5.73 Å². The molecule has 0 radical (unpaired) electrons. The van der Waals surface area contributed by atoms with Crippen LogP contribution in [-0.4, -0.2) is 37.1 Å². The Hall–Kier alpha value is -0.650. The largest absolute Gasteiger partial charge is 0.367 e. The lowest BCUT2D eigenvalue weighted by atomic mass is 9.99. The first kappa shape index (κ1) is 11.4. The van der Waals surface area contributed by atoms with Crippen LogP contribution in [0.5, 0.6) is 0 Å². The first-order chi connectivity index (χ1) is 6.32. The minimum absolute atomic E-state index is 0.306. The van der Waals surface area contributed by atoms with E-state index >= 15 is 0 Å². The van der Waals surface area contributed by atoms with Crippen LogP contribution in [0.1, 0.15) is 20.8 Å². The molecule has 0 aliphatic carbocycles. The smallest absolute Gasteiger partial charge is 0.252 e. The molecule has 1 aliphatic rings. The second-order valence-electron chi connectivity index (χ2n) is 3.99. The molecule has 14 heavy (non-hydrogen) atoms. The van der Waals surface area contributed by atoms with Crippen molar-refractivity contribution in [2.75, 3.05) is 13.7 Å². The van der Waals surface area contributed by atoms with Crippen molar-refractivity contribution in [1.82, 2.24) is 0 Å². The van der Waals surface area contributed by atoms with Gasteiger partial charge in [0.25, 0.3) is 5.91 Å². The number of amides is 1. The minimum atomic E-state index is -1.13. The Balaban J connectivity index is 2.78. The molecule has 1 aliphatic heterocycles. The Morgan fingerprint density at radius 1 is 1.64 bits per heavy atom. The Morgan fingerprint density at radius 3 is 2.50 bits per heavy atom. The van der Waals surface area contributed by atoms with Crippen LogP contribution >= 0.6 is 0 Å². The lowest BCUT2D eigenvalue weighted by Gasteiger charge is -2.30. The van der Waals surface area contributed by atoms with Gasteiger partial charge in [-0.25, -0.2) is 0 Å². The molecule has 0 aromatic rings. The van der Waals surface area contributed by atoms with Crippen LogP contribution in [0.4, 0.5) is 0 Å². The Kier molecular flexibility index (Phi) is 2.85. The van der Waals surface area contributed by atoms with Gasteiger partial charge in [0.05, 0.1) is 6.61 Å². The molecular formula is C9H17NO4. The summed E-state index contributed by atoms with van der Waals surface area (Å²) in [4.78, 5) is 11.2. The molecule has 2 atom stereocenters. The fraction of sp³-hybridized carbons (Fsp3) is 0.889. The lowest BCUT2D eigenvalue weighted by Crippen LogP contribution is -2.53. The van der Waals surface area contributed by atoms with E-state index in [1.54, 1.807) is 20.8 Å². The quantitative estimate of drug-likeness (QED) is 0.702. The molecule has 1 amide bonds. The zero-order valence-electron chi connectivity index (χ0n) is 8.99. The zero-order valence-corrected chi connectivity index (χ0v) is 8.99. The zero-order chi connectivity index (χ0) is 11.0. The maximum atomic E-state index is 11.2. The molecule has 1 unspecified atom stereocenters. The molecule has 5 nitrogen and oxygen atoms in total. The van der Waals surface area contributed by atoms with Crippen molar-refractivity contribution in [2.45, 2.75) is 38.3 Å². The van der Waals surface area contributed by atoms with E-state index in [0.29, 0.717) is 6.61 Å². The summed E-state index contributed by atoms with van der Waals surface area (Å²) in [6, 6.07) is 0. The fourth-order valence-corrected chi connectivity index (χ4v) is 1.35. The van der Waals surface area contributed by atoms with Gasteiger partial charge >= 0.3 is 0 Å². The highest BCUT2D eigenvalue weighted by molar-refractivity contribution is 5.83. The summed E-state index contributed by atoms with van der Waals surface area (Å²) in [5.74, 6) is -1.23. The maximum absolute atomic E-state index is 11.2. The van der Waals surface area contributed by atoms with Crippen molar-refractivity contribution >= 4 is 5.91 Å². The average molecular weight is 203 g/mol. The summed E-state index contributed by atoms with van der Waals surface area (Å²) in [6.07, 6.45) is -0.458. The molecule has 1 heterocycles. The van der Waals surface area contributed by atoms with Crippen molar-refractivity contribution in [3.05, 3.63) is 0 Å². The second kappa shape index (κ2) is 3.49. The van der Waals surface area contributed by atoms with E-state index in [9.17, 15) is 4.79 Å². The van der Waals surface area contributed by atoms with E-state index in [-0.39, 0.29) is 0 Å². The van der Waals surface area contributed by atoms with E-state index in [0.717, 1.165) is 0 Å². The number of hydrogen-bond acceptors (Lipinski definition) is 4. The van der Waals surface area contributed by atoms with Gasteiger partial charge in [-0.1, -0.05) is 0 Å². The van der Waals surface area contributed by atoms with Crippen LogP contribution in [0.3, 0.4) is 0 Å². The summed E-state index contributed by atoms with van der Waals surface area (Å²) in [7, 11) is 1.43. The fourth-order valence-electron chi connectivity index (χ4n) is 1.35. The first-order valence-corrected chi connectivity index (χ1v) is 4.48. The first-order valence-electron chi connectivity index (χ1n) is 4.48. The molecule has 5 heteroatoms. The average Bonchev–Trinajstić information content (AvgIpc) is 2.44. The molecule has 0 bridgehead atoms. The number of carbonyl (C=O) groups excluding carboxylic acids is 1. The lowest BCUT2D eigenvalue weighted by molar-refractivity contribution is -0.179. The summed E-state index contributed by atoms with van der Waals surface area (Å²) in [5.41, 5.74) is 4.12. The minimum Gasteiger partial charge on any atom is -0.367 e. The van der Waals surface area contributed by atoms with Crippen molar-refractivity contribution < 1.29 is 19.0 Å². The van der Waals surface area contributed by atoms with E-state index in [4.69, 9.17) is 19.9 Å². The predicted molar refractivity (Wildman–Crippen MR) is 49.5 cm³/mol. The Morgan fingerprint density at radius 2 is 2.21 bits per heavy atom. The van der Waals surface area contributed by atoms with Crippen molar-refractivity contribution in [1.29, 1.82) is 0 Å². The van der Waals surface area contributed by atoms with Gasteiger partial charge < -0.3 is 19.9 Å². The number of ether oxygens (including phenoxy) is 3. The summed E-state index contributed by atoms with van der Waals surface area (Å²) >= 11 is 0. The number of methoxy groups -OCH3 is 1. The third kappa shape index (κ3) is 1.89. The van der Waals surface area contributed by atoms with Gasteiger partial charge in [-0.3, -0.25) is 4.79 Å². The topological polar surface area (TPSA) is 70.8 Å². The SMILES string of the molecule is COC(C)(C(N)=O)[C@@H]1COC(C)(C)O1. The van der Waals surface area contributed by atoms with Gasteiger partial charge in [0.2, 0.25) is 0 Å². The molecule has 1 fully saturated rings. The summed E-state index contributed by atoms with van der Waals surface area (Å²) in [6.45, 7) is 5.47. The molecule has 2 N–H and O–H groups in total. The monoisotopic (exact) mass is 203 g/mol. The number of hydrogen-bond donors (Lipinski definition) is 1. The standard InChI is InChI=1S/C9H17NO4/c1-8(2)13-5-6(14-8)9(3,12-4)7(10)11/h6H,5H2,1-4H3,(H2,10,11)/t6-,9?/m0/s1. The molecule has 0 saturated carbocycles. The highest BCUT2D eigenvalue weighted by atomic mass is 16.8. The van der Waals surface area contributed by atoms with E-state index in [2.05, 4.69) is 0 Å². The molecular weight excluding hydrogens is 186 g/mol. The summed E-state index contributed by atoms with van der Waals surface area (Å²) < 4.78 is 16.0. The Bertz CT molecular complexity index is 241. The summed E-state index contributed by atoms with van der Waals surface area (Å²) in [5, 5.41) is 0. The van der Waals surface area contributed by atoms with Crippen molar-refractivity contribution in [3.8, 4) is 0 Å². The van der Waals surface area contributed by atoms with Gasteiger partial charge in [-0.15, -0.1) is 0 Å². The molecule has 1 rings (SSSR count). The van der Waals surface area contributed by atoms with Crippen molar-refractivity contribution in [2.24, 2.45) is 5.73 Å². The van der Waals surface area contributed by atoms with Gasteiger partial charge in [-0.05, 0) is 20.8 Å². The highest BCUT2D eigenvalue weighted by Crippen LogP contribution is 2.30. The normalized spacial score (nSPS) is 29.9. The number of carbonyl (C=O) groups is 1. The van der Waals surface area contributed by atoms with E-state index < -0.39 is 23.4 Å². The number of primary amides is 1. The number of nitrogens with two attached hydrogens (primary N) is 1. The van der Waals surface area contributed by atoms with Gasteiger partial charge in [-0.2, -0.15) is 0 Å². The van der Waals surface area contributed by atoms with Gasteiger partial charge in [0.1, 0.15) is 6.10 Å². The Labute approximate surface area is 83.5 Å². The molecule has 1 saturated heterocycles. The van der Waals surface area contributed by atoms with Crippen LogP contribution in [0, 0.1) is 0 Å². The molecule has 0 aromatic heterocycles. The molecule has 0 spiro atoms. The van der Waals surface area contributed by atoms with Gasteiger partial charge in [0.15, 0.2) is 11.4 Å². The third-order valence-corrected chi connectivity index (χ3v) is 2.54. The predicted octanol–water partition coefficient (Wildman–Crippen LogP) is 0.0283. The van der Waals surface area contributed by atoms with E-state index in [1.165, 1.54) is 7.11 Å². The van der Waals surface area contributed by atoms with Crippen LogP contribution in [0.15, 0.2) is 0 Å². The van der Waals surface area contributed by atoms with Gasteiger partial charge in [0, 0.05) is 7.11 Å². The van der Waals surface area contributed by atoms with Crippen LogP contribution in [-0.2, 0) is 19.0 Å². The van der Waals surface area contributed by atoms with Crippen molar-refractivity contribution in [3.63, 3.8) is 0 Å². The number of rotatable bonds is 3. The third-order valence-electron chi connectivity index (χ3n) is 2.54. The molecule has 82 valence electrons. The second-order valence-corrected chi connectivity index (χ2v) is 3.99.